The van der Waals surface area contributed by atoms with E-state index in [0.29, 0.717) is 5.90 Å². The molecule has 2 aliphatic heterocycles. The van der Waals surface area contributed by atoms with Crippen molar-refractivity contribution >= 4 is 11.9 Å². The van der Waals surface area contributed by atoms with Crippen LogP contribution in [0, 0.1) is 5.92 Å². The second kappa shape index (κ2) is 3.33. The number of ether oxygens (including phenoxy) is 1. The van der Waals surface area contributed by atoms with Crippen LogP contribution in [0.4, 0.5) is 0 Å². The van der Waals surface area contributed by atoms with Gasteiger partial charge in [0.25, 0.3) is 0 Å². The lowest BCUT2D eigenvalue weighted by Crippen LogP contribution is -2.18. The van der Waals surface area contributed by atoms with Gasteiger partial charge in [0.1, 0.15) is 6.61 Å². The highest BCUT2D eigenvalue weighted by molar-refractivity contribution is 5.86. The maximum Gasteiger partial charge on any atom is 0.332 e. The third-order valence-electron chi connectivity index (χ3n) is 2.37. The van der Waals surface area contributed by atoms with Gasteiger partial charge >= 0.3 is 5.97 Å². The minimum absolute atomic E-state index is 0.196. The number of carbonyl (C=O) groups is 1. The second-order valence-corrected chi connectivity index (χ2v) is 3.32. The Bertz CT molecular complexity index is 246. The molecule has 72 valence electrons. The molecule has 0 aliphatic carbocycles. The van der Waals surface area contributed by atoms with E-state index < -0.39 is 12.0 Å². The molecule has 0 radical (unpaired) electrons. The van der Waals surface area contributed by atoms with Crippen molar-refractivity contribution in [2.75, 3.05) is 19.7 Å². The average molecular weight is 184 g/mol. The number of carboxylic acid groups (broad SMARTS) is 1. The van der Waals surface area contributed by atoms with Crippen LogP contribution in [-0.4, -0.2) is 42.7 Å². The Hall–Kier alpha value is -1.10. The van der Waals surface area contributed by atoms with Gasteiger partial charge in [0.15, 0.2) is 11.9 Å². The first-order valence-electron chi connectivity index (χ1n) is 4.41. The first-order valence-corrected chi connectivity index (χ1v) is 4.41. The quantitative estimate of drug-likeness (QED) is 0.605. The van der Waals surface area contributed by atoms with E-state index in [1.807, 2.05) is 0 Å². The predicted molar refractivity (Wildman–Crippen MR) is 45.8 cm³/mol. The third kappa shape index (κ3) is 1.65. The summed E-state index contributed by atoms with van der Waals surface area (Å²) >= 11 is 0. The molecule has 0 aromatic carbocycles. The summed E-state index contributed by atoms with van der Waals surface area (Å²) in [6.07, 6.45) is 0.991. The van der Waals surface area contributed by atoms with Crippen molar-refractivity contribution < 1.29 is 14.6 Å². The number of aliphatic imine (C=N–C) groups is 1. The summed E-state index contributed by atoms with van der Waals surface area (Å²) in [6.45, 7) is 2.01. The van der Waals surface area contributed by atoms with Crippen molar-refractivity contribution in [1.29, 1.82) is 0 Å². The minimum atomic E-state index is -0.902. The van der Waals surface area contributed by atoms with Crippen LogP contribution in [0.5, 0.6) is 0 Å². The van der Waals surface area contributed by atoms with Crippen LogP contribution in [0.2, 0.25) is 0 Å². The van der Waals surface area contributed by atoms with Crippen LogP contribution >= 0.6 is 0 Å². The van der Waals surface area contributed by atoms with Gasteiger partial charge in [-0.05, 0) is 13.0 Å². The third-order valence-corrected chi connectivity index (χ3v) is 2.37. The Morgan fingerprint density at radius 1 is 1.69 bits per heavy atom. The number of hydrogen-bond acceptors (Lipinski definition) is 4. The van der Waals surface area contributed by atoms with E-state index in [1.165, 1.54) is 0 Å². The normalized spacial score (nSPS) is 32.8. The smallest absolute Gasteiger partial charge is 0.332 e. The van der Waals surface area contributed by atoms with Crippen LogP contribution in [-0.2, 0) is 9.53 Å². The Kier molecular flexibility index (Phi) is 2.18. The molecule has 1 fully saturated rings. The summed E-state index contributed by atoms with van der Waals surface area (Å²) in [4.78, 5) is 14.6. The van der Waals surface area contributed by atoms with Gasteiger partial charge < -0.3 is 15.2 Å². The zero-order valence-electron chi connectivity index (χ0n) is 7.19. The van der Waals surface area contributed by atoms with Crippen molar-refractivity contribution in [2.45, 2.75) is 12.5 Å². The lowest BCUT2D eigenvalue weighted by molar-refractivity contribution is -0.138. The van der Waals surface area contributed by atoms with E-state index in [4.69, 9.17) is 9.84 Å². The molecule has 2 heterocycles. The number of carboxylic acids is 1. The summed E-state index contributed by atoms with van der Waals surface area (Å²) in [5.41, 5.74) is 0. The van der Waals surface area contributed by atoms with E-state index in [2.05, 4.69) is 10.3 Å². The van der Waals surface area contributed by atoms with Crippen LogP contribution in [0.25, 0.3) is 0 Å². The fourth-order valence-electron chi connectivity index (χ4n) is 1.61. The van der Waals surface area contributed by atoms with E-state index >= 15 is 0 Å². The Labute approximate surface area is 75.8 Å². The summed E-state index contributed by atoms with van der Waals surface area (Å²) in [6, 6.07) is -0.685. The topological polar surface area (TPSA) is 70.9 Å². The zero-order chi connectivity index (χ0) is 9.26. The van der Waals surface area contributed by atoms with Gasteiger partial charge in [-0.25, -0.2) is 9.79 Å². The Balaban J connectivity index is 2.00. The zero-order valence-corrected chi connectivity index (χ0v) is 7.19. The fourth-order valence-corrected chi connectivity index (χ4v) is 1.61. The van der Waals surface area contributed by atoms with Crippen molar-refractivity contribution in [2.24, 2.45) is 10.9 Å². The number of nitrogens with zero attached hydrogens (tertiary/aromatic N) is 1. The molecule has 2 rings (SSSR count). The largest absolute Gasteiger partial charge is 0.480 e. The summed E-state index contributed by atoms with van der Waals surface area (Å²) in [5, 5.41) is 11.9. The molecule has 2 unspecified atom stereocenters. The van der Waals surface area contributed by atoms with Crippen molar-refractivity contribution in [3.8, 4) is 0 Å². The van der Waals surface area contributed by atoms with E-state index in [1.54, 1.807) is 0 Å². The average Bonchev–Trinajstić information content (AvgIpc) is 2.75. The first kappa shape index (κ1) is 8.50. The molecule has 0 spiro atoms. The standard InChI is InChI=1S/C8H12N2O3/c11-8(12)6-4-13-7(10-6)5-1-2-9-3-5/h5-6,9H,1-4H2,(H,11,12). The molecule has 0 aromatic heterocycles. The van der Waals surface area contributed by atoms with Gasteiger partial charge in [-0.15, -0.1) is 0 Å². The monoisotopic (exact) mass is 184 g/mol. The number of aliphatic carboxylic acids is 1. The van der Waals surface area contributed by atoms with Crippen LogP contribution in [0.15, 0.2) is 4.99 Å². The minimum Gasteiger partial charge on any atom is -0.480 e. The number of hydrogen-bond donors (Lipinski definition) is 2. The molecule has 2 N–H and O–H groups in total. The van der Waals surface area contributed by atoms with Crippen molar-refractivity contribution in [3.63, 3.8) is 0 Å². The highest BCUT2D eigenvalue weighted by Crippen LogP contribution is 2.16. The molecule has 5 heteroatoms. The Morgan fingerprint density at radius 2 is 2.54 bits per heavy atom. The molecule has 0 amide bonds. The van der Waals surface area contributed by atoms with Gasteiger partial charge in [-0.1, -0.05) is 0 Å². The summed E-state index contributed by atoms with van der Waals surface area (Å²) in [7, 11) is 0. The molecule has 0 saturated carbocycles. The Morgan fingerprint density at radius 3 is 3.08 bits per heavy atom. The molecular weight excluding hydrogens is 172 g/mol. The first-order chi connectivity index (χ1) is 6.27. The number of nitrogens with one attached hydrogen (secondary N) is 1. The van der Waals surface area contributed by atoms with Gasteiger partial charge in [0, 0.05) is 12.5 Å². The summed E-state index contributed by atoms with van der Waals surface area (Å²) in [5.74, 6) is 0.00251. The van der Waals surface area contributed by atoms with Crippen LogP contribution in [0.3, 0.4) is 0 Å². The van der Waals surface area contributed by atoms with Gasteiger partial charge in [-0.3, -0.25) is 0 Å². The van der Waals surface area contributed by atoms with E-state index in [-0.39, 0.29) is 12.5 Å². The van der Waals surface area contributed by atoms with Gasteiger partial charge in [0.05, 0.1) is 0 Å². The van der Waals surface area contributed by atoms with Crippen molar-refractivity contribution in [1.82, 2.24) is 5.32 Å². The van der Waals surface area contributed by atoms with E-state index in [9.17, 15) is 4.79 Å². The molecule has 1 saturated heterocycles. The molecule has 0 aromatic rings. The van der Waals surface area contributed by atoms with E-state index in [0.717, 1.165) is 19.5 Å². The molecular formula is C8H12N2O3. The molecule has 2 atom stereocenters. The lowest BCUT2D eigenvalue weighted by atomic mass is 10.1. The van der Waals surface area contributed by atoms with Crippen LogP contribution in [0.1, 0.15) is 6.42 Å². The number of rotatable bonds is 2. The molecule has 13 heavy (non-hydrogen) atoms. The fraction of sp³-hybridized carbons (Fsp3) is 0.750. The molecule has 5 nitrogen and oxygen atoms in total. The molecule has 2 aliphatic rings. The highest BCUT2D eigenvalue weighted by atomic mass is 16.5. The van der Waals surface area contributed by atoms with Crippen LogP contribution < -0.4 is 5.32 Å². The predicted octanol–water partition coefficient (Wildman–Crippen LogP) is -0.522. The molecule has 0 bridgehead atoms. The maximum atomic E-state index is 10.6. The lowest BCUT2D eigenvalue weighted by Gasteiger charge is -2.06. The summed E-state index contributed by atoms with van der Waals surface area (Å²) < 4.78 is 5.24. The second-order valence-electron chi connectivity index (χ2n) is 3.32. The SMILES string of the molecule is O=C(O)C1COC(C2CCNC2)=N1. The van der Waals surface area contributed by atoms with Gasteiger partial charge in [-0.2, -0.15) is 0 Å². The van der Waals surface area contributed by atoms with Gasteiger partial charge in [0.2, 0.25) is 0 Å². The highest BCUT2D eigenvalue weighted by Gasteiger charge is 2.31. The maximum absolute atomic E-state index is 10.6. The van der Waals surface area contributed by atoms with Crippen molar-refractivity contribution in [3.05, 3.63) is 0 Å².